The van der Waals surface area contributed by atoms with E-state index in [0.29, 0.717) is 0 Å². The number of carbonyl (C=O) groups is 15. The van der Waals surface area contributed by atoms with Crippen LogP contribution in [0.25, 0.3) is 0 Å². The van der Waals surface area contributed by atoms with E-state index in [1.165, 1.54) is 0 Å². The number of nitrogens with zero attached hydrogens (tertiary/aromatic N) is 4. The number of hydrogen-bond donors (Lipinski definition) is 13. The third-order valence-corrected chi connectivity index (χ3v) is 13.7. The number of aliphatic carboxylic acids is 9. The fraction of sp³-hybridized carbons (Fsp3) is 0.722. The van der Waals surface area contributed by atoms with Gasteiger partial charge in [-0.1, -0.05) is 20.8 Å². The Labute approximate surface area is 511 Å². The van der Waals surface area contributed by atoms with Crippen molar-refractivity contribution in [3.8, 4) is 0 Å². The summed E-state index contributed by atoms with van der Waals surface area (Å²) in [6.07, 6.45) is -0.802. The molecule has 1 fully saturated rings. The first-order valence-corrected chi connectivity index (χ1v) is 28.6. The van der Waals surface area contributed by atoms with Crippen LogP contribution in [0.5, 0.6) is 0 Å². The van der Waals surface area contributed by atoms with Gasteiger partial charge in [0, 0.05) is 58.3 Å². The Kier molecular flexibility index (Phi) is 36.6. The van der Waals surface area contributed by atoms with E-state index in [4.69, 9.17) is 14.2 Å². The molecular formula is C54H86N8O27. The highest BCUT2D eigenvalue weighted by Gasteiger charge is 2.45. The van der Waals surface area contributed by atoms with Crippen molar-refractivity contribution < 1.29 is 132 Å². The zero-order chi connectivity index (χ0) is 67.4. The van der Waals surface area contributed by atoms with Crippen LogP contribution in [-0.4, -0.2) is 283 Å². The van der Waals surface area contributed by atoms with Crippen molar-refractivity contribution in [3.05, 3.63) is 0 Å². The van der Waals surface area contributed by atoms with Gasteiger partial charge in [-0.15, -0.1) is 0 Å². The fourth-order valence-corrected chi connectivity index (χ4v) is 9.29. The number of ether oxygens (including phenoxy) is 3. The summed E-state index contributed by atoms with van der Waals surface area (Å²) in [4.78, 5) is 186. The van der Waals surface area contributed by atoms with Gasteiger partial charge in [-0.25, -0.2) is 0 Å². The zero-order valence-electron chi connectivity index (χ0n) is 50.2. The van der Waals surface area contributed by atoms with E-state index in [9.17, 15) is 118 Å². The highest BCUT2D eigenvalue weighted by Crippen LogP contribution is 2.35. The molecule has 1 aliphatic heterocycles. The SMILES string of the molecule is CC(C)(C)C1CC(=O)N(CCC(=O)NC(COCCC(=O)NCCCCC(C(=O)O)N(CC(=O)O)CC(=O)O)(COCCC(=O)NCCCCC(C(=O)O)N(CC(=O)O)CC(=O)O)COCCC(=O)NCCCCC(C(=O)O)N(CC(=O)O)CC(=O)O)C1=O. The van der Waals surface area contributed by atoms with Crippen LogP contribution in [-0.2, 0) is 86.1 Å². The molecule has 0 bridgehead atoms. The molecule has 6 amide bonds. The molecule has 0 aliphatic carbocycles. The number of imide groups is 1. The second-order valence-electron chi connectivity index (χ2n) is 22.2. The Balaban J connectivity index is 3.28. The van der Waals surface area contributed by atoms with Crippen molar-refractivity contribution >= 4 is 89.2 Å². The van der Waals surface area contributed by atoms with Crippen molar-refractivity contribution in [2.45, 2.75) is 134 Å². The van der Waals surface area contributed by atoms with Gasteiger partial charge in [-0.05, 0) is 63.2 Å². The standard InChI is InChI=1S/C54H86N8O27/c1-53(2,3)34-24-42(67)62(49(34)80)20-13-41(66)58-54(31-87-21-14-38(63)55-17-7-4-10-35(50(81)82)59(25-43(68)69)26-44(70)71,32-88-22-15-39(64)56-18-8-5-11-36(51(83)84)60(27-45(72)73)28-46(74)75)33-89-23-16-40(65)57-19-9-6-12-37(52(85)86)61(29-47(76)77)30-48(78)79/h34-37H,4-33H2,1-3H3,(H,55,63)(H,56,64)(H,57,65)(H,58,66)(H,68,69)(H,70,71)(H,72,73)(H,74,75)(H,76,77)(H,78,79)(H,81,82)(H,83,84)(H,85,86). The fourth-order valence-electron chi connectivity index (χ4n) is 9.29. The Morgan fingerprint density at radius 3 is 1.00 bits per heavy atom. The number of unbranched alkanes of at least 4 members (excludes halogenated alkanes) is 3. The van der Waals surface area contributed by atoms with Crippen LogP contribution in [0.1, 0.15) is 111 Å². The lowest BCUT2D eigenvalue weighted by Gasteiger charge is -2.34. The van der Waals surface area contributed by atoms with Crippen LogP contribution in [0.3, 0.4) is 0 Å². The highest BCUT2D eigenvalue weighted by molar-refractivity contribution is 6.04. The van der Waals surface area contributed by atoms with Gasteiger partial charge in [0.05, 0.1) is 84.8 Å². The zero-order valence-corrected chi connectivity index (χ0v) is 50.2. The second kappa shape index (κ2) is 41.3. The smallest absolute Gasteiger partial charge is 0.320 e. The molecule has 35 nitrogen and oxygen atoms in total. The molecule has 1 aliphatic rings. The first kappa shape index (κ1) is 79.0. The van der Waals surface area contributed by atoms with Crippen LogP contribution >= 0.6 is 0 Å². The molecule has 4 unspecified atom stereocenters. The van der Waals surface area contributed by atoms with Gasteiger partial charge in [0.15, 0.2) is 0 Å². The highest BCUT2D eigenvalue weighted by atomic mass is 16.5. The van der Waals surface area contributed by atoms with Crippen molar-refractivity contribution in [2.75, 3.05) is 105 Å². The quantitative estimate of drug-likeness (QED) is 0.0221. The predicted octanol–water partition coefficient (Wildman–Crippen LogP) is -2.49. The summed E-state index contributed by atoms with van der Waals surface area (Å²) >= 11 is 0. The minimum atomic E-state index is -1.70. The monoisotopic (exact) mass is 1280 g/mol. The summed E-state index contributed by atoms with van der Waals surface area (Å²) in [5, 5.41) is 94.7. The molecule has 89 heavy (non-hydrogen) atoms. The van der Waals surface area contributed by atoms with E-state index in [0.717, 1.165) is 19.6 Å². The number of rotatable bonds is 52. The Bertz CT molecular complexity index is 2190. The molecule has 35 heteroatoms. The topological polar surface area (TPSA) is 527 Å². The van der Waals surface area contributed by atoms with Crippen LogP contribution < -0.4 is 21.3 Å². The average molecular weight is 1280 g/mol. The molecule has 0 radical (unpaired) electrons. The maximum absolute atomic E-state index is 13.9. The number of nitrogens with one attached hydrogen (secondary N) is 4. The van der Waals surface area contributed by atoms with Gasteiger partial charge in [0.25, 0.3) is 0 Å². The van der Waals surface area contributed by atoms with E-state index in [-0.39, 0.29) is 129 Å². The Hall–Kier alpha value is -7.99. The summed E-state index contributed by atoms with van der Waals surface area (Å²) in [5.74, 6) is -17.0. The third-order valence-electron chi connectivity index (χ3n) is 13.7. The van der Waals surface area contributed by atoms with Crippen LogP contribution in [0.15, 0.2) is 0 Å². The molecule has 0 spiro atoms. The summed E-state index contributed by atoms with van der Waals surface area (Å²) in [6, 6.07) is -4.35. The van der Waals surface area contributed by atoms with Crippen molar-refractivity contribution in [1.82, 2.24) is 40.9 Å². The Morgan fingerprint density at radius 1 is 0.461 bits per heavy atom. The molecule has 504 valence electrons. The van der Waals surface area contributed by atoms with Gasteiger partial charge in [0.1, 0.15) is 23.7 Å². The average Bonchev–Trinajstić information content (AvgIpc) is 2.63. The van der Waals surface area contributed by atoms with Crippen molar-refractivity contribution in [3.63, 3.8) is 0 Å². The first-order valence-electron chi connectivity index (χ1n) is 28.6. The summed E-state index contributed by atoms with van der Waals surface area (Å²) in [5.41, 5.74) is -2.28. The van der Waals surface area contributed by atoms with Crippen LogP contribution in [0.4, 0.5) is 0 Å². The van der Waals surface area contributed by atoms with Crippen LogP contribution in [0, 0.1) is 11.3 Å². The summed E-state index contributed by atoms with van der Waals surface area (Å²) in [6.45, 7) is -2.32. The minimum absolute atomic E-state index is 0.0185. The number of carboxylic acids is 9. The van der Waals surface area contributed by atoms with Gasteiger partial charge >= 0.3 is 53.7 Å². The first-order chi connectivity index (χ1) is 41.7. The van der Waals surface area contributed by atoms with Crippen molar-refractivity contribution in [1.29, 1.82) is 0 Å². The van der Waals surface area contributed by atoms with E-state index >= 15 is 0 Å². The van der Waals surface area contributed by atoms with Gasteiger partial charge in [0.2, 0.25) is 35.4 Å². The lowest BCUT2D eigenvalue weighted by molar-refractivity contribution is -0.152. The van der Waals surface area contributed by atoms with Gasteiger partial charge in [-0.3, -0.25) is 91.5 Å². The van der Waals surface area contributed by atoms with Crippen LogP contribution in [0.2, 0.25) is 0 Å². The molecule has 0 aromatic heterocycles. The number of carbonyl (C=O) groups excluding carboxylic acids is 6. The maximum Gasteiger partial charge on any atom is 0.320 e. The molecule has 4 atom stereocenters. The third kappa shape index (κ3) is 33.8. The molecule has 0 aromatic carbocycles. The number of amides is 6. The van der Waals surface area contributed by atoms with E-state index in [1.54, 1.807) is 20.8 Å². The lowest BCUT2D eigenvalue weighted by Crippen LogP contribution is -2.59. The normalized spacial score (nSPS) is 15.0. The molecule has 1 rings (SSSR count). The molecule has 0 saturated carbocycles. The summed E-state index contributed by atoms with van der Waals surface area (Å²) in [7, 11) is 0. The van der Waals surface area contributed by atoms with E-state index in [2.05, 4.69) is 21.3 Å². The number of hydrogen-bond acceptors (Lipinski definition) is 21. The largest absolute Gasteiger partial charge is 0.480 e. The van der Waals surface area contributed by atoms with Crippen molar-refractivity contribution in [2.24, 2.45) is 11.3 Å². The van der Waals surface area contributed by atoms with E-state index < -0.39 is 190 Å². The molecule has 1 heterocycles. The lowest BCUT2D eigenvalue weighted by atomic mass is 9.80. The molecule has 13 N–H and O–H groups in total. The number of likely N-dealkylation sites (tertiary alicyclic amines) is 1. The molecule has 0 aromatic rings. The minimum Gasteiger partial charge on any atom is -0.480 e. The maximum atomic E-state index is 13.9. The second-order valence-corrected chi connectivity index (χ2v) is 22.2. The Morgan fingerprint density at radius 2 is 0.753 bits per heavy atom. The van der Waals surface area contributed by atoms with Gasteiger partial charge in [-0.2, -0.15) is 0 Å². The predicted molar refractivity (Wildman–Crippen MR) is 301 cm³/mol. The number of carboxylic acid groups (broad SMARTS) is 9. The van der Waals surface area contributed by atoms with Gasteiger partial charge < -0.3 is 81.4 Å². The summed E-state index contributed by atoms with van der Waals surface area (Å²) < 4.78 is 17.7. The van der Waals surface area contributed by atoms with E-state index in [1.807, 2.05) is 0 Å². The molecular weight excluding hydrogens is 1190 g/mol. The molecule has 1 saturated heterocycles.